The summed E-state index contributed by atoms with van der Waals surface area (Å²) in [6.07, 6.45) is 8.05. The highest BCUT2D eigenvalue weighted by Crippen LogP contribution is 2.15. The van der Waals surface area contributed by atoms with Crippen molar-refractivity contribution in [3.8, 4) is 0 Å². The van der Waals surface area contributed by atoms with Gasteiger partial charge in [-0.25, -0.2) is 0 Å². The lowest BCUT2D eigenvalue weighted by atomic mass is 10.0. The van der Waals surface area contributed by atoms with Crippen molar-refractivity contribution in [2.45, 2.75) is 52.2 Å². The zero-order valence-electron chi connectivity index (χ0n) is 11.3. The Morgan fingerprint density at radius 3 is 2.94 bits per heavy atom. The maximum absolute atomic E-state index is 8.99. The van der Waals surface area contributed by atoms with Crippen molar-refractivity contribution in [1.29, 1.82) is 0 Å². The summed E-state index contributed by atoms with van der Waals surface area (Å²) in [5.41, 5.74) is 3.51. The van der Waals surface area contributed by atoms with Gasteiger partial charge >= 0.3 is 0 Å². The summed E-state index contributed by atoms with van der Waals surface area (Å²) in [6.45, 7) is 5.72. The van der Waals surface area contributed by atoms with Gasteiger partial charge in [-0.05, 0) is 33.1 Å². The van der Waals surface area contributed by atoms with E-state index in [0.29, 0.717) is 12.6 Å². The number of aliphatic hydroxyl groups excluding tert-OH is 1. The third-order valence-corrected chi connectivity index (χ3v) is 3.68. The van der Waals surface area contributed by atoms with Crippen LogP contribution in [0.4, 0.5) is 0 Å². The van der Waals surface area contributed by atoms with Crippen LogP contribution < -0.4 is 5.32 Å². The predicted molar refractivity (Wildman–Crippen MR) is 72.4 cm³/mol. The molecule has 4 heteroatoms. The Bertz CT molecular complexity index is 423. The lowest BCUT2D eigenvalue weighted by Crippen LogP contribution is -2.29. The summed E-state index contributed by atoms with van der Waals surface area (Å²) in [6, 6.07) is 0.593. The van der Waals surface area contributed by atoms with E-state index in [9.17, 15) is 0 Å². The summed E-state index contributed by atoms with van der Waals surface area (Å²) in [5.74, 6) is 0. The van der Waals surface area contributed by atoms with Crippen molar-refractivity contribution in [3.63, 3.8) is 0 Å². The van der Waals surface area contributed by atoms with Gasteiger partial charge in [0, 0.05) is 23.8 Å². The maximum Gasteiger partial charge on any atom is 0.0644 e. The topological polar surface area (TPSA) is 50.1 Å². The monoisotopic (exact) mass is 249 g/mol. The molecule has 0 saturated heterocycles. The van der Waals surface area contributed by atoms with E-state index >= 15 is 0 Å². The number of aromatic nitrogens is 2. The number of rotatable bonds is 5. The van der Waals surface area contributed by atoms with Crippen LogP contribution in [0, 0.1) is 13.8 Å². The summed E-state index contributed by atoms with van der Waals surface area (Å²) in [7, 11) is 0. The average Bonchev–Trinajstić information content (AvgIpc) is 2.64. The first-order chi connectivity index (χ1) is 8.72. The van der Waals surface area contributed by atoms with Crippen molar-refractivity contribution in [2.75, 3.05) is 6.61 Å². The van der Waals surface area contributed by atoms with Crippen molar-refractivity contribution in [1.82, 2.24) is 15.1 Å². The van der Waals surface area contributed by atoms with Crippen molar-refractivity contribution in [2.24, 2.45) is 0 Å². The van der Waals surface area contributed by atoms with Gasteiger partial charge in [-0.3, -0.25) is 4.68 Å². The normalized spacial score (nSPS) is 19.4. The van der Waals surface area contributed by atoms with E-state index in [0.717, 1.165) is 18.7 Å². The molecule has 0 aromatic carbocycles. The number of allylic oxidation sites excluding steroid dienone is 1. The van der Waals surface area contributed by atoms with Crippen LogP contribution in [-0.2, 0) is 13.1 Å². The van der Waals surface area contributed by atoms with Gasteiger partial charge < -0.3 is 10.4 Å². The first kappa shape index (κ1) is 13.3. The van der Waals surface area contributed by atoms with Crippen LogP contribution in [0.5, 0.6) is 0 Å². The number of aliphatic hydroxyl groups is 1. The first-order valence-electron chi connectivity index (χ1n) is 6.74. The molecule has 1 aliphatic rings. The second-order valence-electron chi connectivity index (χ2n) is 4.96. The molecule has 0 spiro atoms. The number of hydrogen-bond acceptors (Lipinski definition) is 3. The predicted octanol–water partition coefficient (Wildman–Crippen LogP) is 1.69. The van der Waals surface area contributed by atoms with Gasteiger partial charge in [0.1, 0.15) is 0 Å². The van der Waals surface area contributed by atoms with Crippen molar-refractivity contribution < 1.29 is 5.11 Å². The fourth-order valence-electron chi connectivity index (χ4n) is 2.53. The Balaban J connectivity index is 1.98. The number of aryl methyl sites for hydroxylation is 1. The minimum Gasteiger partial charge on any atom is -0.394 e. The highest BCUT2D eigenvalue weighted by molar-refractivity contribution is 5.24. The van der Waals surface area contributed by atoms with Crippen LogP contribution in [0.15, 0.2) is 12.2 Å². The molecule has 0 aliphatic heterocycles. The quantitative estimate of drug-likeness (QED) is 0.781. The molecule has 1 heterocycles. The largest absolute Gasteiger partial charge is 0.394 e. The van der Waals surface area contributed by atoms with Gasteiger partial charge in [-0.2, -0.15) is 5.10 Å². The van der Waals surface area contributed by atoms with E-state index in [-0.39, 0.29) is 6.61 Å². The van der Waals surface area contributed by atoms with Crippen LogP contribution in [0.3, 0.4) is 0 Å². The molecule has 2 N–H and O–H groups in total. The van der Waals surface area contributed by atoms with E-state index in [1.54, 1.807) is 0 Å². The molecule has 1 unspecified atom stereocenters. The van der Waals surface area contributed by atoms with Crippen molar-refractivity contribution >= 4 is 0 Å². The zero-order chi connectivity index (χ0) is 13.0. The van der Waals surface area contributed by atoms with Crippen LogP contribution in [0.1, 0.15) is 36.2 Å². The molecule has 0 bridgehead atoms. The third kappa shape index (κ3) is 3.00. The van der Waals surface area contributed by atoms with E-state index in [1.165, 1.54) is 24.1 Å². The second kappa shape index (κ2) is 6.16. The fraction of sp³-hybridized carbons (Fsp3) is 0.643. The lowest BCUT2D eigenvalue weighted by Gasteiger charge is -2.19. The Kier molecular flexibility index (Phi) is 4.55. The maximum atomic E-state index is 8.99. The highest BCUT2D eigenvalue weighted by atomic mass is 16.3. The summed E-state index contributed by atoms with van der Waals surface area (Å²) < 4.78 is 1.90. The standard InChI is InChI=1S/C14H23N3O/c1-11-14(12(2)17(16-11)8-9-18)10-15-13-6-4-3-5-7-13/h3-4,13,15,18H,5-10H2,1-2H3. The molecule has 100 valence electrons. The summed E-state index contributed by atoms with van der Waals surface area (Å²) in [4.78, 5) is 0. The third-order valence-electron chi connectivity index (χ3n) is 3.68. The highest BCUT2D eigenvalue weighted by Gasteiger charge is 2.14. The molecule has 1 atom stereocenters. The number of nitrogens with one attached hydrogen (secondary N) is 1. The SMILES string of the molecule is Cc1nn(CCO)c(C)c1CNC1CC=CCC1. The molecule has 0 radical (unpaired) electrons. The number of hydrogen-bond donors (Lipinski definition) is 2. The van der Waals surface area contributed by atoms with Crippen LogP contribution >= 0.6 is 0 Å². The lowest BCUT2D eigenvalue weighted by molar-refractivity contribution is 0.267. The van der Waals surface area contributed by atoms with Crippen LogP contribution in [-0.4, -0.2) is 27.5 Å². The second-order valence-corrected chi connectivity index (χ2v) is 4.96. The fourth-order valence-corrected chi connectivity index (χ4v) is 2.53. The Hall–Kier alpha value is -1.13. The molecule has 1 aromatic heterocycles. The Morgan fingerprint density at radius 2 is 2.28 bits per heavy atom. The number of nitrogens with zero attached hydrogens (tertiary/aromatic N) is 2. The minimum atomic E-state index is 0.141. The van der Waals surface area contributed by atoms with Gasteiger partial charge in [0.25, 0.3) is 0 Å². The van der Waals surface area contributed by atoms with Gasteiger partial charge in [-0.15, -0.1) is 0 Å². The molecular formula is C14H23N3O. The van der Waals surface area contributed by atoms with Gasteiger partial charge in [0.15, 0.2) is 0 Å². The average molecular weight is 249 g/mol. The van der Waals surface area contributed by atoms with Crippen LogP contribution in [0.2, 0.25) is 0 Å². The molecule has 1 aliphatic carbocycles. The first-order valence-corrected chi connectivity index (χ1v) is 6.74. The van der Waals surface area contributed by atoms with E-state index in [2.05, 4.69) is 29.5 Å². The zero-order valence-corrected chi connectivity index (χ0v) is 11.3. The molecule has 18 heavy (non-hydrogen) atoms. The van der Waals surface area contributed by atoms with E-state index in [4.69, 9.17) is 5.11 Å². The van der Waals surface area contributed by atoms with Gasteiger partial charge in [0.05, 0.1) is 18.8 Å². The molecule has 0 amide bonds. The van der Waals surface area contributed by atoms with E-state index in [1.807, 2.05) is 11.6 Å². The van der Waals surface area contributed by atoms with E-state index < -0.39 is 0 Å². The molecule has 2 rings (SSSR count). The molecule has 0 saturated carbocycles. The Morgan fingerprint density at radius 1 is 1.44 bits per heavy atom. The smallest absolute Gasteiger partial charge is 0.0644 e. The van der Waals surface area contributed by atoms with Gasteiger partial charge in [0.2, 0.25) is 0 Å². The summed E-state index contributed by atoms with van der Waals surface area (Å²) in [5, 5.41) is 17.1. The minimum absolute atomic E-state index is 0.141. The van der Waals surface area contributed by atoms with Crippen LogP contribution in [0.25, 0.3) is 0 Å². The summed E-state index contributed by atoms with van der Waals surface area (Å²) >= 11 is 0. The van der Waals surface area contributed by atoms with Gasteiger partial charge in [-0.1, -0.05) is 12.2 Å². The molecule has 1 aromatic rings. The molecular weight excluding hydrogens is 226 g/mol. The Labute approximate surface area is 109 Å². The molecule has 4 nitrogen and oxygen atoms in total. The molecule has 0 fully saturated rings. The van der Waals surface area contributed by atoms with Crippen molar-refractivity contribution in [3.05, 3.63) is 29.1 Å².